The Hall–Kier alpha value is -1.30. The number of nitrogens with one attached hydrogen (secondary N) is 1. The van der Waals surface area contributed by atoms with Gasteiger partial charge in [-0.25, -0.2) is 0 Å². The third kappa shape index (κ3) is 3.85. The number of hydrogen-bond donors (Lipinski definition) is 1. The summed E-state index contributed by atoms with van der Waals surface area (Å²) in [4.78, 5) is 2.49. The maximum Gasteiger partial charge on any atom is 0.161 e. The van der Waals surface area contributed by atoms with Crippen LogP contribution in [0.5, 0.6) is 11.5 Å². The lowest BCUT2D eigenvalue weighted by molar-refractivity contribution is -0.0178. The number of nitrogens with zero attached hydrogens (tertiary/aromatic N) is 1. The molecule has 1 aromatic carbocycles. The van der Waals surface area contributed by atoms with Crippen LogP contribution in [-0.2, 0) is 4.74 Å². The Balaban J connectivity index is 1.36. The van der Waals surface area contributed by atoms with Gasteiger partial charge < -0.3 is 19.5 Å². The highest BCUT2D eigenvalue weighted by Crippen LogP contribution is 2.43. The van der Waals surface area contributed by atoms with Crippen LogP contribution >= 0.6 is 0 Å². The van der Waals surface area contributed by atoms with E-state index in [0.29, 0.717) is 25.4 Å². The van der Waals surface area contributed by atoms with Gasteiger partial charge in [0.25, 0.3) is 0 Å². The number of rotatable bonds is 6. The van der Waals surface area contributed by atoms with E-state index in [9.17, 15) is 0 Å². The molecule has 24 heavy (non-hydrogen) atoms. The molecule has 2 fully saturated rings. The van der Waals surface area contributed by atoms with E-state index < -0.39 is 0 Å². The van der Waals surface area contributed by atoms with E-state index in [1.165, 1.54) is 18.4 Å². The molecule has 2 heterocycles. The van der Waals surface area contributed by atoms with Crippen LogP contribution in [0.3, 0.4) is 0 Å². The van der Waals surface area contributed by atoms with Crippen molar-refractivity contribution in [1.82, 2.24) is 10.2 Å². The second-order valence-corrected chi connectivity index (χ2v) is 7.15. The minimum Gasteiger partial charge on any atom is -0.486 e. The molecule has 1 aromatic rings. The zero-order valence-corrected chi connectivity index (χ0v) is 14.5. The predicted molar refractivity (Wildman–Crippen MR) is 92.8 cm³/mol. The van der Waals surface area contributed by atoms with Crippen LogP contribution < -0.4 is 14.8 Å². The van der Waals surface area contributed by atoms with Crippen LogP contribution in [0.1, 0.15) is 31.4 Å². The summed E-state index contributed by atoms with van der Waals surface area (Å²) in [5.41, 5.74) is 1.33. The highest BCUT2D eigenvalue weighted by atomic mass is 16.6. The Morgan fingerprint density at radius 2 is 2.00 bits per heavy atom. The van der Waals surface area contributed by atoms with Gasteiger partial charge in [-0.3, -0.25) is 4.90 Å². The molecule has 5 nitrogen and oxygen atoms in total. The third-order valence-corrected chi connectivity index (χ3v) is 5.14. The maximum absolute atomic E-state index is 5.75. The summed E-state index contributed by atoms with van der Waals surface area (Å²) in [5.74, 6) is 2.53. The molecular formula is C19H28N2O3. The van der Waals surface area contributed by atoms with Crippen molar-refractivity contribution in [2.24, 2.45) is 5.92 Å². The van der Waals surface area contributed by atoms with Gasteiger partial charge in [0.15, 0.2) is 11.5 Å². The first kappa shape index (κ1) is 16.2. The average molecular weight is 332 g/mol. The van der Waals surface area contributed by atoms with Crippen LogP contribution in [0.4, 0.5) is 0 Å². The van der Waals surface area contributed by atoms with Crippen molar-refractivity contribution in [3.05, 3.63) is 23.8 Å². The van der Waals surface area contributed by atoms with Crippen LogP contribution in [-0.4, -0.2) is 57.0 Å². The second-order valence-electron chi connectivity index (χ2n) is 7.15. The van der Waals surface area contributed by atoms with E-state index in [2.05, 4.69) is 35.3 Å². The molecule has 1 saturated heterocycles. The lowest BCUT2D eigenvalue weighted by Crippen LogP contribution is -2.44. The van der Waals surface area contributed by atoms with E-state index in [0.717, 1.165) is 50.2 Å². The topological polar surface area (TPSA) is 43.0 Å². The van der Waals surface area contributed by atoms with Crippen LogP contribution in [0.2, 0.25) is 0 Å². The van der Waals surface area contributed by atoms with Gasteiger partial charge in [-0.15, -0.1) is 0 Å². The predicted octanol–water partition coefficient (Wildman–Crippen LogP) is 2.22. The molecule has 2 aliphatic heterocycles. The van der Waals surface area contributed by atoms with Gasteiger partial charge in [-0.05, 0) is 43.4 Å². The molecule has 2 atom stereocenters. The first-order valence-corrected chi connectivity index (χ1v) is 9.26. The molecule has 0 amide bonds. The van der Waals surface area contributed by atoms with E-state index >= 15 is 0 Å². The quantitative estimate of drug-likeness (QED) is 0.865. The summed E-state index contributed by atoms with van der Waals surface area (Å²) < 4.78 is 17.0. The summed E-state index contributed by atoms with van der Waals surface area (Å²) in [6, 6.07) is 6.85. The summed E-state index contributed by atoms with van der Waals surface area (Å²) in [6.45, 7) is 8.49. The third-order valence-electron chi connectivity index (χ3n) is 5.14. The van der Waals surface area contributed by atoms with E-state index in [-0.39, 0.29) is 0 Å². The number of hydrogen-bond acceptors (Lipinski definition) is 5. The van der Waals surface area contributed by atoms with Crippen molar-refractivity contribution in [3.8, 4) is 11.5 Å². The average Bonchev–Trinajstić information content (AvgIpc) is 3.43. The highest BCUT2D eigenvalue weighted by Gasteiger charge is 2.32. The molecule has 0 unspecified atom stereocenters. The van der Waals surface area contributed by atoms with Gasteiger partial charge in [0.1, 0.15) is 13.2 Å². The van der Waals surface area contributed by atoms with Crippen molar-refractivity contribution in [2.75, 3.05) is 46.0 Å². The highest BCUT2D eigenvalue weighted by molar-refractivity contribution is 5.45. The Kier molecular flexibility index (Phi) is 4.92. The van der Waals surface area contributed by atoms with Gasteiger partial charge in [0.05, 0.1) is 12.7 Å². The molecule has 5 heteroatoms. The molecule has 132 valence electrons. The second kappa shape index (κ2) is 7.30. The molecule has 3 aliphatic rings. The molecule has 1 saturated carbocycles. The van der Waals surface area contributed by atoms with Gasteiger partial charge in [0.2, 0.25) is 0 Å². The number of morpholine rings is 1. The normalized spacial score (nSPS) is 25.5. The van der Waals surface area contributed by atoms with Gasteiger partial charge in [-0.2, -0.15) is 0 Å². The molecule has 0 radical (unpaired) electrons. The fourth-order valence-corrected chi connectivity index (χ4v) is 3.71. The summed E-state index contributed by atoms with van der Waals surface area (Å²) in [6.07, 6.45) is 3.00. The molecule has 4 rings (SSSR count). The van der Waals surface area contributed by atoms with Crippen molar-refractivity contribution < 1.29 is 14.2 Å². The fourth-order valence-electron chi connectivity index (χ4n) is 3.71. The Morgan fingerprint density at radius 1 is 1.17 bits per heavy atom. The fraction of sp³-hybridized carbons (Fsp3) is 0.684. The van der Waals surface area contributed by atoms with Gasteiger partial charge >= 0.3 is 0 Å². The molecule has 1 N–H and O–H groups in total. The minimum absolute atomic E-state index is 0.357. The van der Waals surface area contributed by atoms with Gasteiger partial charge in [0, 0.05) is 32.2 Å². The molecular weight excluding hydrogens is 304 g/mol. The molecule has 0 bridgehead atoms. The number of ether oxygens (including phenoxy) is 3. The Bertz CT molecular complexity index is 562. The van der Waals surface area contributed by atoms with Gasteiger partial charge in [-0.1, -0.05) is 6.07 Å². The first-order chi connectivity index (χ1) is 11.8. The smallest absolute Gasteiger partial charge is 0.161 e. The summed E-state index contributed by atoms with van der Waals surface area (Å²) >= 11 is 0. The summed E-state index contributed by atoms with van der Waals surface area (Å²) in [7, 11) is 0. The van der Waals surface area contributed by atoms with E-state index in [4.69, 9.17) is 14.2 Å². The van der Waals surface area contributed by atoms with Crippen LogP contribution in [0, 0.1) is 5.92 Å². The zero-order valence-electron chi connectivity index (χ0n) is 14.5. The summed E-state index contributed by atoms with van der Waals surface area (Å²) in [5, 5.41) is 3.79. The number of benzene rings is 1. The molecule has 0 aromatic heterocycles. The SMILES string of the molecule is C[C@@H]1CN(CCN[C@H](c2ccc3c(c2)OCCO3)C2CC2)CCO1. The Morgan fingerprint density at radius 3 is 2.79 bits per heavy atom. The Labute approximate surface area is 144 Å². The van der Waals surface area contributed by atoms with Crippen molar-refractivity contribution in [3.63, 3.8) is 0 Å². The minimum atomic E-state index is 0.357. The number of fused-ring (bicyclic) bond motifs is 1. The lowest BCUT2D eigenvalue weighted by atomic mass is 10.0. The maximum atomic E-state index is 5.75. The van der Waals surface area contributed by atoms with Crippen LogP contribution in [0.25, 0.3) is 0 Å². The van der Waals surface area contributed by atoms with Crippen molar-refractivity contribution >= 4 is 0 Å². The van der Waals surface area contributed by atoms with E-state index in [1.54, 1.807) is 0 Å². The van der Waals surface area contributed by atoms with Crippen LogP contribution in [0.15, 0.2) is 18.2 Å². The standard InChI is InChI=1S/C19H28N2O3/c1-14-13-21(8-9-22-14)7-6-20-19(15-2-3-15)16-4-5-17-18(12-16)24-11-10-23-17/h4-5,12,14-15,19-20H,2-3,6-11,13H2,1H3/t14-,19+/m1/s1. The first-order valence-electron chi connectivity index (χ1n) is 9.26. The molecule has 0 spiro atoms. The van der Waals surface area contributed by atoms with E-state index in [1.807, 2.05) is 0 Å². The monoisotopic (exact) mass is 332 g/mol. The lowest BCUT2D eigenvalue weighted by Gasteiger charge is -2.31. The largest absolute Gasteiger partial charge is 0.486 e. The molecule has 1 aliphatic carbocycles. The zero-order chi connectivity index (χ0) is 16.4. The van der Waals surface area contributed by atoms with Crippen molar-refractivity contribution in [2.45, 2.75) is 31.9 Å². The van der Waals surface area contributed by atoms with Crippen molar-refractivity contribution in [1.29, 1.82) is 0 Å².